The van der Waals surface area contributed by atoms with Crippen LogP contribution in [0.4, 0.5) is 5.82 Å². The first-order chi connectivity index (χ1) is 14.4. The maximum absolute atomic E-state index is 12.7. The monoisotopic (exact) mass is 420 g/mol. The number of carbonyl (C=O) groups excluding carboxylic acids is 1. The number of nitrogens with one attached hydrogen (secondary N) is 1. The number of hydrogen-bond acceptors (Lipinski definition) is 5. The minimum atomic E-state index is -0.0875. The Morgan fingerprint density at radius 1 is 1.13 bits per heavy atom. The fourth-order valence-electron chi connectivity index (χ4n) is 3.29. The molecule has 30 heavy (non-hydrogen) atoms. The van der Waals surface area contributed by atoms with Crippen LogP contribution in [0.25, 0.3) is 15.3 Å². The summed E-state index contributed by atoms with van der Waals surface area (Å²) < 4.78 is 8.40. The number of thiazole rings is 1. The molecule has 0 spiro atoms. The van der Waals surface area contributed by atoms with E-state index in [4.69, 9.17) is 9.72 Å². The van der Waals surface area contributed by atoms with Crippen LogP contribution in [0.2, 0.25) is 0 Å². The van der Waals surface area contributed by atoms with Gasteiger partial charge in [0.05, 0.1) is 23.4 Å². The molecule has 4 aromatic rings. The second-order valence-corrected chi connectivity index (χ2v) is 8.27. The van der Waals surface area contributed by atoms with Gasteiger partial charge in [-0.15, -0.1) is 0 Å². The van der Waals surface area contributed by atoms with Gasteiger partial charge in [-0.05, 0) is 56.5 Å². The highest BCUT2D eigenvalue weighted by molar-refractivity contribution is 7.20. The molecule has 2 heterocycles. The Morgan fingerprint density at radius 3 is 2.73 bits per heavy atom. The first kappa shape index (κ1) is 20.1. The van der Waals surface area contributed by atoms with Gasteiger partial charge in [0.25, 0.3) is 0 Å². The van der Waals surface area contributed by atoms with Gasteiger partial charge in [-0.2, -0.15) is 9.78 Å². The number of aromatic nitrogens is 3. The lowest BCUT2D eigenvalue weighted by atomic mass is 10.0. The average Bonchev–Trinajstić information content (AvgIpc) is 3.28. The van der Waals surface area contributed by atoms with Crippen LogP contribution in [0.15, 0.2) is 42.5 Å². The molecule has 0 aliphatic heterocycles. The van der Waals surface area contributed by atoms with Gasteiger partial charge in [0.1, 0.15) is 17.1 Å². The molecule has 2 aromatic carbocycles. The highest BCUT2D eigenvalue weighted by Crippen LogP contribution is 2.32. The second kappa shape index (κ2) is 8.28. The number of ether oxygens (including phenoxy) is 1. The average molecular weight is 421 g/mol. The number of anilines is 1. The Kier molecular flexibility index (Phi) is 5.55. The normalized spacial score (nSPS) is 11.1. The van der Waals surface area contributed by atoms with E-state index in [1.807, 2.05) is 50.2 Å². The summed E-state index contributed by atoms with van der Waals surface area (Å²) in [6, 6.07) is 13.8. The minimum Gasteiger partial charge on any atom is -0.492 e. The van der Waals surface area contributed by atoms with Crippen LogP contribution in [0.5, 0.6) is 5.75 Å². The van der Waals surface area contributed by atoms with Crippen molar-refractivity contribution in [3.63, 3.8) is 0 Å². The lowest BCUT2D eigenvalue weighted by Crippen LogP contribution is -2.17. The lowest BCUT2D eigenvalue weighted by Gasteiger charge is -2.08. The van der Waals surface area contributed by atoms with Gasteiger partial charge in [0, 0.05) is 6.07 Å². The van der Waals surface area contributed by atoms with Crippen molar-refractivity contribution < 1.29 is 9.53 Å². The molecule has 1 N–H and O–H groups in total. The van der Waals surface area contributed by atoms with E-state index < -0.39 is 0 Å². The summed E-state index contributed by atoms with van der Waals surface area (Å²) in [5.74, 6) is 1.27. The van der Waals surface area contributed by atoms with Crippen LogP contribution in [0.1, 0.15) is 29.3 Å². The summed E-state index contributed by atoms with van der Waals surface area (Å²) in [6.07, 6.45) is 0.305. The van der Waals surface area contributed by atoms with Crippen molar-refractivity contribution in [2.45, 2.75) is 34.1 Å². The highest BCUT2D eigenvalue weighted by Gasteiger charge is 2.16. The number of amides is 1. The van der Waals surface area contributed by atoms with E-state index in [9.17, 15) is 4.79 Å². The third-order valence-corrected chi connectivity index (χ3v) is 5.88. The molecule has 1 amide bonds. The summed E-state index contributed by atoms with van der Waals surface area (Å²) in [6.45, 7) is 8.54. The molecule has 2 aromatic heterocycles. The van der Waals surface area contributed by atoms with Gasteiger partial charge in [-0.3, -0.25) is 4.79 Å². The molecular weight excluding hydrogens is 396 g/mol. The fraction of sp³-hybridized carbons (Fsp3) is 0.261. The lowest BCUT2D eigenvalue weighted by molar-refractivity contribution is -0.115. The predicted molar refractivity (Wildman–Crippen MR) is 121 cm³/mol. The Balaban J connectivity index is 1.61. The van der Waals surface area contributed by atoms with E-state index >= 15 is 0 Å². The zero-order valence-electron chi connectivity index (χ0n) is 17.5. The van der Waals surface area contributed by atoms with Gasteiger partial charge in [0.2, 0.25) is 11.0 Å². The summed E-state index contributed by atoms with van der Waals surface area (Å²) in [7, 11) is 0. The number of para-hydroxylation sites is 1. The molecule has 0 aliphatic rings. The summed E-state index contributed by atoms with van der Waals surface area (Å²) >= 11 is 1.51. The van der Waals surface area contributed by atoms with Crippen molar-refractivity contribution in [2.75, 3.05) is 11.9 Å². The molecule has 154 valence electrons. The number of aryl methyl sites for hydroxylation is 3. The number of nitrogens with zero attached hydrogens (tertiary/aromatic N) is 3. The van der Waals surface area contributed by atoms with E-state index in [-0.39, 0.29) is 5.91 Å². The summed E-state index contributed by atoms with van der Waals surface area (Å²) in [5.41, 5.74) is 5.00. The molecule has 0 saturated carbocycles. The fourth-order valence-corrected chi connectivity index (χ4v) is 4.24. The molecular formula is C23H24N4O2S. The number of fused-ring (bicyclic) bond motifs is 1. The largest absolute Gasteiger partial charge is 0.492 e. The molecule has 0 unspecified atom stereocenters. The molecule has 0 radical (unpaired) electrons. The van der Waals surface area contributed by atoms with Crippen LogP contribution in [0.3, 0.4) is 0 Å². The van der Waals surface area contributed by atoms with Crippen LogP contribution in [-0.4, -0.2) is 27.3 Å². The maximum Gasteiger partial charge on any atom is 0.229 e. The van der Waals surface area contributed by atoms with Gasteiger partial charge >= 0.3 is 0 Å². The van der Waals surface area contributed by atoms with Crippen molar-refractivity contribution >= 4 is 33.3 Å². The molecule has 7 heteroatoms. The van der Waals surface area contributed by atoms with E-state index in [2.05, 4.69) is 30.3 Å². The molecule has 0 aliphatic carbocycles. The number of benzene rings is 2. The van der Waals surface area contributed by atoms with E-state index in [1.165, 1.54) is 22.5 Å². The molecule has 0 fully saturated rings. The summed E-state index contributed by atoms with van der Waals surface area (Å²) in [5, 5.41) is 8.23. The smallest absolute Gasteiger partial charge is 0.229 e. The quantitative estimate of drug-likeness (QED) is 0.477. The molecule has 0 atom stereocenters. The molecule has 6 nitrogen and oxygen atoms in total. The van der Waals surface area contributed by atoms with Crippen molar-refractivity contribution in [3.8, 4) is 10.9 Å². The number of hydrogen-bond donors (Lipinski definition) is 1. The van der Waals surface area contributed by atoms with Crippen molar-refractivity contribution in [3.05, 3.63) is 64.8 Å². The zero-order valence-corrected chi connectivity index (χ0v) is 18.3. The van der Waals surface area contributed by atoms with Crippen LogP contribution in [0, 0.1) is 20.8 Å². The first-order valence-electron chi connectivity index (χ1n) is 9.90. The third kappa shape index (κ3) is 4.07. The van der Waals surface area contributed by atoms with Crippen LogP contribution < -0.4 is 10.1 Å². The Hall–Kier alpha value is -3.19. The van der Waals surface area contributed by atoms with Crippen molar-refractivity contribution in [1.29, 1.82) is 0 Å². The Labute approximate surface area is 179 Å². The first-order valence-corrected chi connectivity index (χ1v) is 10.7. The topological polar surface area (TPSA) is 69.0 Å². The second-order valence-electron chi connectivity index (χ2n) is 7.26. The van der Waals surface area contributed by atoms with Crippen LogP contribution >= 0.6 is 11.3 Å². The number of carbonyl (C=O) groups is 1. The highest BCUT2D eigenvalue weighted by atomic mass is 32.1. The zero-order chi connectivity index (χ0) is 21.3. The van der Waals surface area contributed by atoms with Crippen molar-refractivity contribution in [2.24, 2.45) is 0 Å². The third-order valence-electron chi connectivity index (χ3n) is 4.89. The van der Waals surface area contributed by atoms with E-state index in [0.717, 1.165) is 27.2 Å². The standard InChI is InChI=1S/C23H24N4O2S/c1-5-29-18-7-6-8-19-22(18)25-23(30-19)27-20(12-16(4)26-27)24-21(28)13-17-10-9-14(2)15(3)11-17/h6-12H,5,13H2,1-4H3,(H,24,28). The van der Waals surface area contributed by atoms with Crippen molar-refractivity contribution in [1.82, 2.24) is 14.8 Å². The van der Waals surface area contributed by atoms with Gasteiger partial charge in [0.15, 0.2) is 0 Å². The molecule has 0 saturated heterocycles. The Morgan fingerprint density at radius 2 is 1.97 bits per heavy atom. The van der Waals surface area contributed by atoms with Gasteiger partial charge in [-0.1, -0.05) is 35.6 Å². The maximum atomic E-state index is 12.7. The molecule has 0 bridgehead atoms. The van der Waals surface area contributed by atoms with E-state index in [0.29, 0.717) is 24.0 Å². The Bertz CT molecular complexity index is 1230. The van der Waals surface area contributed by atoms with Gasteiger partial charge < -0.3 is 10.1 Å². The minimum absolute atomic E-state index is 0.0875. The molecule has 4 rings (SSSR count). The number of rotatable bonds is 6. The van der Waals surface area contributed by atoms with Gasteiger partial charge in [-0.25, -0.2) is 4.98 Å². The SMILES string of the molecule is CCOc1cccc2sc(-n3nc(C)cc3NC(=O)Cc3ccc(C)c(C)c3)nc12. The summed E-state index contributed by atoms with van der Waals surface area (Å²) in [4.78, 5) is 17.4. The predicted octanol–water partition coefficient (Wildman–Crippen LogP) is 4.99. The van der Waals surface area contributed by atoms with E-state index in [1.54, 1.807) is 4.68 Å². The van der Waals surface area contributed by atoms with Crippen LogP contribution in [-0.2, 0) is 11.2 Å².